The van der Waals surface area contributed by atoms with Crippen LogP contribution in [0.1, 0.15) is 46.1 Å². The van der Waals surface area contributed by atoms with Gasteiger partial charge in [0.25, 0.3) is 0 Å². The fraction of sp³-hybridized carbons (Fsp3) is 0.611. The third-order valence-electron chi connectivity index (χ3n) is 4.79. The first-order valence-electron chi connectivity index (χ1n) is 7.91. The number of amides is 1. The Labute approximate surface area is 127 Å². The van der Waals surface area contributed by atoms with Crippen LogP contribution < -0.4 is 5.32 Å². The van der Waals surface area contributed by atoms with Crippen LogP contribution in [0.5, 0.6) is 0 Å². The van der Waals surface area contributed by atoms with Gasteiger partial charge in [0, 0.05) is 6.54 Å². The molecule has 1 aliphatic rings. The minimum Gasteiger partial charge on any atom is -0.355 e. The highest BCUT2D eigenvalue weighted by Gasteiger charge is 2.51. The van der Waals surface area contributed by atoms with Crippen LogP contribution >= 0.6 is 0 Å². The smallest absolute Gasteiger partial charge is 0.230 e. The molecule has 1 aromatic carbocycles. The summed E-state index contributed by atoms with van der Waals surface area (Å²) in [6, 6.07) is 6.36. The van der Waals surface area contributed by atoms with Gasteiger partial charge in [0.2, 0.25) is 5.91 Å². The highest BCUT2D eigenvalue weighted by Crippen LogP contribution is 2.48. The van der Waals surface area contributed by atoms with Gasteiger partial charge in [-0.2, -0.15) is 0 Å². The molecule has 0 atom stereocenters. The van der Waals surface area contributed by atoms with Gasteiger partial charge in [0.1, 0.15) is 5.82 Å². The molecule has 1 N–H and O–H groups in total. The summed E-state index contributed by atoms with van der Waals surface area (Å²) < 4.78 is 13.0. The first-order valence-corrected chi connectivity index (χ1v) is 7.91. The van der Waals surface area contributed by atoms with E-state index in [4.69, 9.17) is 0 Å². The number of hydrogen-bond acceptors (Lipinski definition) is 1. The Morgan fingerprint density at radius 3 is 2.10 bits per heavy atom. The molecule has 0 unspecified atom stereocenters. The maximum atomic E-state index is 13.0. The highest BCUT2D eigenvalue weighted by molar-refractivity contribution is 5.91. The zero-order chi connectivity index (χ0) is 15.6. The molecule has 2 nitrogen and oxygen atoms in total. The Hall–Kier alpha value is -1.38. The standard InChI is InChI=1S/C18H26FNO/c1-12(2)16(13(3)4)11-20-17(21)18(9-10-18)14-5-7-15(19)8-6-14/h5-8,12-13,16H,9-11H2,1-4H3,(H,20,21). The van der Waals surface area contributed by atoms with E-state index < -0.39 is 5.41 Å². The number of carbonyl (C=O) groups excluding carboxylic acids is 1. The zero-order valence-electron chi connectivity index (χ0n) is 13.4. The normalized spacial score (nSPS) is 16.6. The molecule has 0 aliphatic heterocycles. The van der Waals surface area contributed by atoms with E-state index in [0.29, 0.717) is 17.8 Å². The van der Waals surface area contributed by atoms with Crippen molar-refractivity contribution in [1.29, 1.82) is 0 Å². The van der Waals surface area contributed by atoms with Gasteiger partial charge in [-0.15, -0.1) is 0 Å². The largest absolute Gasteiger partial charge is 0.355 e. The predicted octanol–water partition coefficient (Wildman–Crippen LogP) is 3.90. The maximum absolute atomic E-state index is 13.0. The molecule has 2 rings (SSSR count). The van der Waals surface area contributed by atoms with Crippen molar-refractivity contribution in [3.8, 4) is 0 Å². The summed E-state index contributed by atoms with van der Waals surface area (Å²) in [5.74, 6) is 1.42. The zero-order valence-corrected chi connectivity index (χ0v) is 13.4. The van der Waals surface area contributed by atoms with Crippen molar-refractivity contribution >= 4 is 5.91 Å². The lowest BCUT2D eigenvalue weighted by molar-refractivity contribution is -0.123. The highest BCUT2D eigenvalue weighted by atomic mass is 19.1. The van der Waals surface area contributed by atoms with Crippen molar-refractivity contribution in [1.82, 2.24) is 5.32 Å². The summed E-state index contributed by atoms with van der Waals surface area (Å²) >= 11 is 0. The second-order valence-electron chi connectivity index (χ2n) is 6.95. The number of hydrogen-bond donors (Lipinski definition) is 1. The van der Waals surface area contributed by atoms with Crippen LogP contribution in [-0.4, -0.2) is 12.5 Å². The van der Waals surface area contributed by atoms with Crippen molar-refractivity contribution in [3.05, 3.63) is 35.6 Å². The SMILES string of the molecule is CC(C)C(CNC(=O)C1(c2ccc(F)cc2)CC1)C(C)C. The van der Waals surface area contributed by atoms with Gasteiger partial charge in [0.15, 0.2) is 0 Å². The number of benzene rings is 1. The van der Waals surface area contributed by atoms with E-state index in [1.807, 2.05) is 0 Å². The van der Waals surface area contributed by atoms with Crippen LogP contribution in [0, 0.1) is 23.6 Å². The molecule has 21 heavy (non-hydrogen) atoms. The minimum atomic E-state index is -0.411. The molecular formula is C18H26FNO. The molecule has 1 aliphatic carbocycles. The van der Waals surface area contributed by atoms with Crippen LogP contribution in [0.2, 0.25) is 0 Å². The third kappa shape index (κ3) is 3.45. The summed E-state index contributed by atoms with van der Waals surface area (Å²) in [6.45, 7) is 9.51. The van der Waals surface area contributed by atoms with Gasteiger partial charge < -0.3 is 5.32 Å². The van der Waals surface area contributed by atoms with E-state index in [1.54, 1.807) is 12.1 Å². The summed E-state index contributed by atoms with van der Waals surface area (Å²) in [7, 11) is 0. The quantitative estimate of drug-likeness (QED) is 0.846. The molecule has 1 amide bonds. The Kier molecular flexibility index (Phi) is 4.70. The van der Waals surface area contributed by atoms with Crippen LogP contribution in [0.3, 0.4) is 0 Å². The number of rotatable bonds is 6. The summed E-state index contributed by atoms with van der Waals surface area (Å²) in [4.78, 5) is 12.6. The number of carbonyl (C=O) groups is 1. The first kappa shape index (κ1) is 16.0. The molecule has 116 valence electrons. The van der Waals surface area contributed by atoms with Crippen LogP contribution in [-0.2, 0) is 10.2 Å². The molecular weight excluding hydrogens is 265 g/mol. The third-order valence-corrected chi connectivity index (χ3v) is 4.79. The lowest BCUT2D eigenvalue weighted by atomic mass is 9.85. The molecule has 0 spiro atoms. The van der Waals surface area contributed by atoms with E-state index in [2.05, 4.69) is 33.0 Å². The number of nitrogens with one attached hydrogen (secondary N) is 1. The molecule has 1 aromatic rings. The maximum Gasteiger partial charge on any atom is 0.230 e. The molecule has 0 saturated heterocycles. The molecule has 0 radical (unpaired) electrons. The fourth-order valence-corrected chi connectivity index (χ4v) is 3.16. The van der Waals surface area contributed by atoms with Crippen molar-refractivity contribution in [2.75, 3.05) is 6.54 Å². The second-order valence-corrected chi connectivity index (χ2v) is 6.95. The molecule has 1 saturated carbocycles. The van der Waals surface area contributed by atoms with Gasteiger partial charge in [-0.3, -0.25) is 4.79 Å². The molecule has 0 aromatic heterocycles. The lowest BCUT2D eigenvalue weighted by Gasteiger charge is -2.26. The Morgan fingerprint density at radius 2 is 1.67 bits per heavy atom. The van der Waals surface area contributed by atoms with Gasteiger partial charge in [0.05, 0.1) is 5.41 Å². The molecule has 3 heteroatoms. The number of halogens is 1. The Morgan fingerprint density at radius 1 is 1.14 bits per heavy atom. The van der Waals surface area contributed by atoms with E-state index in [-0.39, 0.29) is 11.7 Å². The average molecular weight is 291 g/mol. The predicted molar refractivity (Wildman–Crippen MR) is 83.5 cm³/mol. The van der Waals surface area contributed by atoms with Gasteiger partial charge in [-0.25, -0.2) is 4.39 Å². The molecule has 1 fully saturated rings. The van der Waals surface area contributed by atoms with Crippen LogP contribution in [0.25, 0.3) is 0 Å². The molecule has 0 heterocycles. The minimum absolute atomic E-state index is 0.0976. The van der Waals surface area contributed by atoms with E-state index in [9.17, 15) is 9.18 Å². The van der Waals surface area contributed by atoms with Crippen LogP contribution in [0.4, 0.5) is 4.39 Å². The van der Waals surface area contributed by atoms with Gasteiger partial charge in [-0.1, -0.05) is 39.8 Å². The lowest BCUT2D eigenvalue weighted by Crippen LogP contribution is -2.40. The first-order chi connectivity index (χ1) is 9.86. The van der Waals surface area contributed by atoms with Crippen molar-refractivity contribution in [2.24, 2.45) is 17.8 Å². The van der Waals surface area contributed by atoms with E-state index >= 15 is 0 Å². The monoisotopic (exact) mass is 291 g/mol. The Bertz CT molecular complexity index is 480. The van der Waals surface area contributed by atoms with E-state index in [0.717, 1.165) is 24.9 Å². The van der Waals surface area contributed by atoms with E-state index in [1.165, 1.54) is 12.1 Å². The van der Waals surface area contributed by atoms with Crippen LogP contribution in [0.15, 0.2) is 24.3 Å². The summed E-state index contributed by atoms with van der Waals surface area (Å²) in [6.07, 6.45) is 1.72. The molecule has 0 bridgehead atoms. The summed E-state index contributed by atoms with van der Waals surface area (Å²) in [5, 5.41) is 3.13. The van der Waals surface area contributed by atoms with Crippen molar-refractivity contribution < 1.29 is 9.18 Å². The average Bonchev–Trinajstić information content (AvgIpc) is 3.20. The van der Waals surface area contributed by atoms with Crippen molar-refractivity contribution in [2.45, 2.75) is 46.0 Å². The fourth-order valence-electron chi connectivity index (χ4n) is 3.16. The van der Waals surface area contributed by atoms with Gasteiger partial charge >= 0.3 is 0 Å². The van der Waals surface area contributed by atoms with Gasteiger partial charge in [-0.05, 0) is 48.3 Å². The Balaban J connectivity index is 2.01. The second kappa shape index (κ2) is 6.17. The summed E-state index contributed by atoms with van der Waals surface area (Å²) in [5.41, 5.74) is 0.527. The topological polar surface area (TPSA) is 29.1 Å². The van der Waals surface area contributed by atoms with Crippen molar-refractivity contribution in [3.63, 3.8) is 0 Å².